The molecule has 0 atom stereocenters. The van der Waals surface area contributed by atoms with Crippen LogP contribution in [0.3, 0.4) is 0 Å². The standard InChI is InChI=1S/C19H22N6O2/c26-19-2-1-17(16-3-5-20-6-4-16)22-25(19)13-12-23-8-10-24(11-9-23)15-18-21-7-14-27-18/h1-7,14H,8-13,15H2. The molecule has 0 aromatic carbocycles. The first kappa shape index (κ1) is 17.6. The van der Waals surface area contributed by atoms with Crippen LogP contribution in [0.2, 0.25) is 0 Å². The highest BCUT2D eigenvalue weighted by Crippen LogP contribution is 2.13. The number of pyridine rings is 1. The van der Waals surface area contributed by atoms with Crippen LogP contribution in [0.5, 0.6) is 0 Å². The molecule has 0 aliphatic carbocycles. The van der Waals surface area contributed by atoms with Gasteiger partial charge >= 0.3 is 0 Å². The summed E-state index contributed by atoms with van der Waals surface area (Å²) >= 11 is 0. The van der Waals surface area contributed by atoms with E-state index in [9.17, 15) is 4.79 Å². The Morgan fingerprint density at radius 1 is 0.926 bits per heavy atom. The third-order valence-electron chi connectivity index (χ3n) is 4.78. The van der Waals surface area contributed by atoms with E-state index in [-0.39, 0.29) is 5.56 Å². The summed E-state index contributed by atoms with van der Waals surface area (Å²) in [6.07, 6.45) is 6.74. The Labute approximate surface area is 157 Å². The molecular formula is C19H22N6O2. The average Bonchev–Trinajstić information content (AvgIpc) is 3.22. The first-order valence-corrected chi connectivity index (χ1v) is 9.09. The number of oxazole rings is 1. The Morgan fingerprint density at radius 2 is 1.70 bits per heavy atom. The molecule has 0 saturated carbocycles. The number of piperazine rings is 1. The van der Waals surface area contributed by atoms with Crippen molar-refractivity contribution in [1.29, 1.82) is 0 Å². The number of hydrogen-bond donors (Lipinski definition) is 0. The van der Waals surface area contributed by atoms with Gasteiger partial charge < -0.3 is 4.42 Å². The second-order valence-electron chi connectivity index (χ2n) is 6.56. The molecule has 0 radical (unpaired) electrons. The zero-order valence-corrected chi connectivity index (χ0v) is 15.1. The quantitative estimate of drug-likeness (QED) is 0.646. The summed E-state index contributed by atoms with van der Waals surface area (Å²) < 4.78 is 6.86. The maximum atomic E-state index is 12.1. The third-order valence-corrected chi connectivity index (χ3v) is 4.78. The molecule has 3 aromatic rings. The first-order chi connectivity index (χ1) is 13.3. The maximum absolute atomic E-state index is 12.1. The molecule has 4 heterocycles. The Kier molecular flexibility index (Phi) is 5.36. The summed E-state index contributed by atoms with van der Waals surface area (Å²) in [5.74, 6) is 0.757. The molecule has 8 heteroatoms. The Morgan fingerprint density at radius 3 is 2.44 bits per heavy atom. The van der Waals surface area contributed by atoms with Gasteiger partial charge in [0.1, 0.15) is 6.26 Å². The number of rotatable bonds is 6. The summed E-state index contributed by atoms with van der Waals surface area (Å²) in [5.41, 5.74) is 1.67. The molecule has 0 unspecified atom stereocenters. The molecule has 4 rings (SSSR count). The van der Waals surface area contributed by atoms with Crippen molar-refractivity contribution in [3.8, 4) is 11.3 Å². The predicted octanol–water partition coefficient (Wildman–Crippen LogP) is 1.11. The predicted molar refractivity (Wildman–Crippen MR) is 99.9 cm³/mol. The SMILES string of the molecule is O=c1ccc(-c2ccncc2)nn1CCN1CCN(Cc2ncco2)CC1. The minimum atomic E-state index is -0.0738. The molecule has 0 bridgehead atoms. The lowest BCUT2D eigenvalue weighted by molar-refractivity contribution is 0.115. The smallest absolute Gasteiger partial charge is 0.266 e. The van der Waals surface area contributed by atoms with Crippen molar-refractivity contribution in [2.45, 2.75) is 13.1 Å². The van der Waals surface area contributed by atoms with Crippen LogP contribution in [0, 0.1) is 0 Å². The van der Waals surface area contributed by atoms with Crippen molar-refractivity contribution < 1.29 is 4.42 Å². The van der Waals surface area contributed by atoms with E-state index in [0.717, 1.165) is 56.4 Å². The van der Waals surface area contributed by atoms with Gasteiger partial charge in [0.15, 0.2) is 0 Å². The summed E-state index contributed by atoms with van der Waals surface area (Å²) in [6, 6.07) is 7.13. The van der Waals surface area contributed by atoms with Crippen LogP contribution in [0.1, 0.15) is 5.89 Å². The summed E-state index contributed by atoms with van der Waals surface area (Å²) in [5, 5.41) is 4.51. The Hall–Kier alpha value is -2.84. The van der Waals surface area contributed by atoms with E-state index < -0.39 is 0 Å². The number of nitrogens with zero attached hydrogens (tertiary/aromatic N) is 6. The Bertz CT molecular complexity index is 901. The van der Waals surface area contributed by atoms with Gasteiger partial charge in [0.05, 0.1) is 25.0 Å². The van der Waals surface area contributed by atoms with Gasteiger partial charge in [-0.15, -0.1) is 0 Å². The van der Waals surface area contributed by atoms with Crippen molar-refractivity contribution in [3.05, 3.63) is 65.4 Å². The van der Waals surface area contributed by atoms with E-state index in [2.05, 4.69) is 24.9 Å². The number of hydrogen-bond acceptors (Lipinski definition) is 7. The van der Waals surface area contributed by atoms with Crippen molar-refractivity contribution in [2.75, 3.05) is 32.7 Å². The topological polar surface area (TPSA) is 80.3 Å². The monoisotopic (exact) mass is 366 g/mol. The Balaban J connectivity index is 1.32. The zero-order valence-electron chi connectivity index (χ0n) is 15.1. The molecular weight excluding hydrogens is 344 g/mol. The van der Waals surface area contributed by atoms with Gasteiger partial charge in [-0.2, -0.15) is 5.10 Å². The highest BCUT2D eigenvalue weighted by molar-refractivity contribution is 5.56. The fourth-order valence-corrected chi connectivity index (χ4v) is 3.22. The van der Waals surface area contributed by atoms with Crippen LogP contribution in [0.25, 0.3) is 11.3 Å². The van der Waals surface area contributed by atoms with Crippen LogP contribution in [0.15, 0.2) is 58.3 Å². The average molecular weight is 366 g/mol. The molecule has 140 valence electrons. The van der Waals surface area contributed by atoms with Crippen molar-refractivity contribution >= 4 is 0 Å². The summed E-state index contributed by atoms with van der Waals surface area (Å²) in [6.45, 7) is 5.97. The van der Waals surface area contributed by atoms with E-state index in [1.165, 1.54) is 0 Å². The molecule has 1 fully saturated rings. The highest BCUT2D eigenvalue weighted by Gasteiger charge is 2.18. The third kappa shape index (κ3) is 4.47. The van der Waals surface area contributed by atoms with E-state index in [1.807, 2.05) is 12.1 Å². The minimum absolute atomic E-state index is 0.0738. The molecule has 27 heavy (non-hydrogen) atoms. The second kappa shape index (κ2) is 8.24. The first-order valence-electron chi connectivity index (χ1n) is 9.09. The normalized spacial score (nSPS) is 15.9. The lowest BCUT2D eigenvalue weighted by Crippen LogP contribution is -2.47. The number of aromatic nitrogens is 4. The minimum Gasteiger partial charge on any atom is -0.448 e. The lowest BCUT2D eigenvalue weighted by Gasteiger charge is -2.33. The summed E-state index contributed by atoms with van der Waals surface area (Å²) in [7, 11) is 0. The molecule has 0 amide bonds. The van der Waals surface area contributed by atoms with Crippen LogP contribution in [-0.2, 0) is 13.1 Å². The van der Waals surface area contributed by atoms with Crippen LogP contribution >= 0.6 is 0 Å². The van der Waals surface area contributed by atoms with Gasteiger partial charge in [-0.1, -0.05) is 0 Å². The molecule has 1 aliphatic rings. The highest BCUT2D eigenvalue weighted by atomic mass is 16.3. The second-order valence-corrected chi connectivity index (χ2v) is 6.56. The fourth-order valence-electron chi connectivity index (χ4n) is 3.22. The molecule has 3 aromatic heterocycles. The van der Waals surface area contributed by atoms with Crippen molar-refractivity contribution in [3.63, 3.8) is 0 Å². The molecule has 1 saturated heterocycles. The lowest BCUT2D eigenvalue weighted by atomic mass is 10.2. The zero-order chi connectivity index (χ0) is 18.5. The van der Waals surface area contributed by atoms with Gasteiger partial charge in [-0.25, -0.2) is 9.67 Å². The van der Waals surface area contributed by atoms with Crippen molar-refractivity contribution in [1.82, 2.24) is 29.5 Å². The van der Waals surface area contributed by atoms with Crippen LogP contribution in [-0.4, -0.2) is 62.3 Å². The van der Waals surface area contributed by atoms with Crippen LogP contribution in [0.4, 0.5) is 0 Å². The fraction of sp³-hybridized carbons (Fsp3) is 0.368. The largest absolute Gasteiger partial charge is 0.448 e. The molecule has 0 spiro atoms. The van der Waals surface area contributed by atoms with Gasteiger partial charge in [0.2, 0.25) is 5.89 Å². The van der Waals surface area contributed by atoms with Crippen molar-refractivity contribution in [2.24, 2.45) is 0 Å². The van der Waals surface area contributed by atoms with Gasteiger partial charge in [-0.3, -0.25) is 19.6 Å². The molecule has 0 N–H and O–H groups in total. The molecule has 8 nitrogen and oxygen atoms in total. The summed E-state index contributed by atoms with van der Waals surface area (Å²) in [4.78, 5) is 25.0. The molecule has 1 aliphatic heterocycles. The maximum Gasteiger partial charge on any atom is 0.266 e. The van der Waals surface area contributed by atoms with Gasteiger partial charge in [0.25, 0.3) is 5.56 Å². The van der Waals surface area contributed by atoms with Gasteiger partial charge in [-0.05, 0) is 18.2 Å². The van der Waals surface area contributed by atoms with Crippen LogP contribution < -0.4 is 5.56 Å². The van der Waals surface area contributed by atoms with E-state index in [1.54, 1.807) is 41.7 Å². The van der Waals surface area contributed by atoms with E-state index >= 15 is 0 Å². The van der Waals surface area contributed by atoms with E-state index in [4.69, 9.17) is 4.42 Å². The van der Waals surface area contributed by atoms with Gasteiger partial charge in [0, 0.05) is 56.7 Å². The van der Waals surface area contributed by atoms with E-state index in [0.29, 0.717) is 6.54 Å².